The number of hydrogen-bond acceptors (Lipinski definition) is 4. The molecule has 0 N–H and O–H groups in total. The maximum atomic E-state index is 11.6. The molecule has 1 aliphatic rings. The Kier molecular flexibility index (Phi) is 3.56. The molecule has 0 heterocycles. The number of hydrogen-bond donors (Lipinski definition) is 0. The quantitative estimate of drug-likeness (QED) is 0.781. The van der Waals surface area contributed by atoms with Gasteiger partial charge < -0.3 is 9.08 Å². The summed E-state index contributed by atoms with van der Waals surface area (Å²) < 4.78 is 27.5. The van der Waals surface area contributed by atoms with E-state index < -0.39 is 21.5 Å². The van der Waals surface area contributed by atoms with Gasteiger partial charge in [0, 0.05) is 13.6 Å². The van der Waals surface area contributed by atoms with Crippen molar-refractivity contribution in [3.63, 3.8) is 0 Å². The summed E-state index contributed by atoms with van der Waals surface area (Å²) in [6.07, 6.45) is 0.335. The molecule has 0 atom stereocenters. The van der Waals surface area contributed by atoms with Crippen LogP contribution in [0.3, 0.4) is 0 Å². The normalized spacial score (nSPS) is 15.2. The van der Waals surface area contributed by atoms with Crippen LogP contribution < -0.4 is 0 Å². The van der Waals surface area contributed by atoms with Crippen molar-refractivity contribution in [3.8, 4) is 0 Å². The predicted molar refractivity (Wildman–Crippen MR) is 66.3 cm³/mol. The fraction of sp³-hybridized carbons (Fsp3) is 0.417. The molecule has 0 radical (unpaired) electrons. The van der Waals surface area contributed by atoms with Gasteiger partial charge in [-0.1, -0.05) is 30.3 Å². The van der Waals surface area contributed by atoms with Crippen molar-refractivity contribution in [3.05, 3.63) is 35.9 Å². The number of benzene rings is 1. The van der Waals surface area contributed by atoms with Gasteiger partial charge in [-0.15, -0.1) is 0 Å². The van der Waals surface area contributed by atoms with Crippen LogP contribution in [0.15, 0.2) is 30.3 Å². The molecule has 18 heavy (non-hydrogen) atoms. The van der Waals surface area contributed by atoms with Crippen LogP contribution >= 0.6 is 0 Å². The minimum Gasteiger partial charge on any atom is -0.328 e. The fourth-order valence-corrected chi connectivity index (χ4v) is 2.69. The second-order valence-corrected chi connectivity index (χ2v) is 6.20. The topological polar surface area (TPSA) is 63.7 Å². The predicted octanol–water partition coefficient (Wildman–Crippen LogP) is 1.75. The molecule has 1 fully saturated rings. The summed E-state index contributed by atoms with van der Waals surface area (Å²) in [5, 5.41) is -0.494. The Labute approximate surface area is 106 Å². The highest BCUT2D eigenvalue weighted by Crippen LogP contribution is 2.29. The lowest BCUT2D eigenvalue weighted by Gasteiger charge is -2.16. The van der Waals surface area contributed by atoms with E-state index in [1.807, 2.05) is 30.3 Å². The third kappa shape index (κ3) is 3.22. The number of rotatable bonds is 4. The Bertz CT molecular complexity index is 522. The zero-order chi connectivity index (χ0) is 13.2. The van der Waals surface area contributed by atoms with Crippen molar-refractivity contribution >= 4 is 16.2 Å². The summed E-state index contributed by atoms with van der Waals surface area (Å²) in [5.41, 5.74) is 0.917. The Morgan fingerprint density at radius 3 is 2.50 bits per heavy atom. The second kappa shape index (κ2) is 4.97. The minimum atomic E-state index is -3.71. The summed E-state index contributed by atoms with van der Waals surface area (Å²) in [5.74, 6) is 0. The molecule has 0 spiro atoms. The van der Waals surface area contributed by atoms with Gasteiger partial charge in [-0.3, -0.25) is 0 Å². The lowest BCUT2D eigenvalue weighted by molar-refractivity contribution is 0.163. The first-order chi connectivity index (χ1) is 8.49. The summed E-state index contributed by atoms with van der Waals surface area (Å²) in [7, 11) is -2.20. The van der Waals surface area contributed by atoms with Crippen LogP contribution in [0, 0.1) is 0 Å². The van der Waals surface area contributed by atoms with Gasteiger partial charge in [0.2, 0.25) is 0 Å². The van der Waals surface area contributed by atoms with E-state index in [9.17, 15) is 13.2 Å². The molecule has 1 amide bonds. The minimum absolute atomic E-state index is 0.319. The molecule has 0 aliphatic heterocycles. The molecule has 5 nitrogen and oxygen atoms in total. The molecule has 0 aromatic heterocycles. The van der Waals surface area contributed by atoms with Gasteiger partial charge in [0.15, 0.2) is 0 Å². The Balaban J connectivity index is 1.93. The van der Waals surface area contributed by atoms with Crippen molar-refractivity contribution in [2.75, 3.05) is 7.05 Å². The first kappa shape index (κ1) is 12.9. The monoisotopic (exact) mass is 269 g/mol. The molecule has 0 unspecified atom stereocenters. The van der Waals surface area contributed by atoms with Crippen LogP contribution in [0.2, 0.25) is 0 Å². The van der Waals surface area contributed by atoms with Gasteiger partial charge in [-0.2, -0.15) is 8.42 Å². The molecule has 6 heteroatoms. The van der Waals surface area contributed by atoms with Crippen LogP contribution in [0.1, 0.15) is 18.4 Å². The van der Waals surface area contributed by atoms with Crippen molar-refractivity contribution < 1.29 is 17.4 Å². The lowest BCUT2D eigenvalue weighted by atomic mass is 10.2. The van der Waals surface area contributed by atoms with Crippen molar-refractivity contribution in [2.24, 2.45) is 0 Å². The summed E-state index contributed by atoms with van der Waals surface area (Å²) in [4.78, 5) is 12.9. The molecule has 1 aliphatic carbocycles. The Morgan fingerprint density at radius 1 is 1.33 bits per heavy atom. The smallest absolute Gasteiger partial charge is 0.328 e. The zero-order valence-electron chi connectivity index (χ0n) is 10.1. The first-order valence-corrected chi connectivity index (χ1v) is 7.18. The van der Waals surface area contributed by atoms with Gasteiger partial charge in [0.25, 0.3) is 0 Å². The Morgan fingerprint density at radius 2 is 1.94 bits per heavy atom. The summed E-state index contributed by atoms with van der Waals surface area (Å²) in [6.45, 7) is 0.319. The maximum Gasteiger partial charge on any atom is 0.425 e. The molecular weight excluding hydrogens is 254 g/mol. The molecular formula is C12H15NO4S. The molecule has 1 aromatic rings. The van der Waals surface area contributed by atoms with Crippen molar-refractivity contribution in [1.82, 2.24) is 4.90 Å². The molecule has 1 aromatic carbocycles. The van der Waals surface area contributed by atoms with Crippen molar-refractivity contribution in [2.45, 2.75) is 24.6 Å². The van der Waals surface area contributed by atoms with Gasteiger partial charge in [-0.05, 0) is 18.4 Å². The van der Waals surface area contributed by atoms with Crippen LogP contribution in [0.25, 0.3) is 0 Å². The highest BCUT2D eigenvalue weighted by atomic mass is 32.2. The third-order valence-corrected chi connectivity index (χ3v) is 4.36. The molecule has 98 valence electrons. The van der Waals surface area contributed by atoms with E-state index in [1.165, 1.54) is 11.9 Å². The summed E-state index contributed by atoms with van der Waals surface area (Å²) in [6, 6.07) is 9.31. The molecule has 0 bridgehead atoms. The van der Waals surface area contributed by atoms with Crippen LogP contribution in [-0.2, 0) is 20.8 Å². The van der Waals surface area contributed by atoms with E-state index in [0.29, 0.717) is 19.4 Å². The SMILES string of the molecule is CN(Cc1ccccc1)C(=O)OS(=O)(=O)C1CC1. The zero-order valence-corrected chi connectivity index (χ0v) is 10.9. The fourth-order valence-electron chi connectivity index (χ4n) is 1.51. The third-order valence-electron chi connectivity index (χ3n) is 2.69. The Hall–Kier alpha value is -1.56. The first-order valence-electron chi connectivity index (χ1n) is 5.71. The molecule has 0 saturated heterocycles. The van der Waals surface area contributed by atoms with Crippen LogP contribution in [0.4, 0.5) is 4.79 Å². The van der Waals surface area contributed by atoms with Crippen molar-refractivity contribution in [1.29, 1.82) is 0 Å². The highest BCUT2D eigenvalue weighted by molar-refractivity contribution is 7.88. The van der Waals surface area contributed by atoms with Crippen LogP contribution in [0.5, 0.6) is 0 Å². The van der Waals surface area contributed by atoms with E-state index in [1.54, 1.807) is 0 Å². The van der Waals surface area contributed by atoms with Gasteiger partial charge in [0.1, 0.15) is 0 Å². The maximum absolute atomic E-state index is 11.6. The highest BCUT2D eigenvalue weighted by Gasteiger charge is 2.39. The van der Waals surface area contributed by atoms with Crippen LogP contribution in [-0.4, -0.2) is 31.7 Å². The average molecular weight is 269 g/mol. The summed E-state index contributed by atoms with van der Waals surface area (Å²) >= 11 is 0. The number of carbonyl (C=O) groups excluding carboxylic acids is 1. The number of amides is 1. The lowest BCUT2D eigenvalue weighted by Crippen LogP contribution is -2.30. The van der Waals surface area contributed by atoms with E-state index in [-0.39, 0.29) is 0 Å². The van der Waals surface area contributed by atoms with E-state index >= 15 is 0 Å². The van der Waals surface area contributed by atoms with Gasteiger partial charge >= 0.3 is 16.2 Å². The molecule has 1 saturated carbocycles. The average Bonchev–Trinajstić information content (AvgIpc) is 3.13. The largest absolute Gasteiger partial charge is 0.425 e. The van der Waals surface area contributed by atoms with E-state index in [4.69, 9.17) is 0 Å². The number of nitrogens with zero attached hydrogens (tertiary/aromatic N) is 1. The van der Waals surface area contributed by atoms with Gasteiger partial charge in [-0.25, -0.2) is 4.79 Å². The second-order valence-electron chi connectivity index (χ2n) is 4.38. The number of carbonyl (C=O) groups is 1. The van der Waals surface area contributed by atoms with E-state index in [2.05, 4.69) is 4.18 Å². The van der Waals surface area contributed by atoms with E-state index in [0.717, 1.165) is 5.56 Å². The molecule has 2 rings (SSSR count). The van der Waals surface area contributed by atoms with Gasteiger partial charge in [0.05, 0.1) is 5.25 Å². The standard InChI is InChI=1S/C12H15NO4S/c1-13(9-10-5-3-2-4-6-10)12(14)17-18(15,16)11-7-8-11/h2-6,11H,7-9H2,1H3.